The Balaban J connectivity index is 1.40. The van der Waals surface area contributed by atoms with Crippen LogP contribution in [0.25, 0.3) is 6.08 Å². The molecule has 10 heteroatoms. The van der Waals surface area contributed by atoms with E-state index in [0.717, 1.165) is 16.0 Å². The molecule has 5 nitrogen and oxygen atoms in total. The molecule has 2 heterocycles. The van der Waals surface area contributed by atoms with Gasteiger partial charge in [-0.25, -0.2) is 4.98 Å². The van der Waals surface area contributed by atoms with Crippen molar-refractivity contribution in [1.29, 1.82) is 0 Å². The minimum atomic E-state index is -0.262. The first kappa shape index (κ1) is 22.9. The number of thioether (sulfide) groups is 1. The van der Waals surface area contributed by atoms with Crippen LogP contribution < -0.4 is 5.32 Å². The van der Waals surface area contributed by atoms with E-state index in [9.17, 15) is 9.59 Å². The van der Waals surface area contributed by atoms with Crippen LogP contribution in [0.5, 0.6) is 0 Å². The summed E-state index contributed by atoms with van der Waals surface area (Å²) in [6.07, 6.45) is 4.08. The third-order valence-electron chi connectivity index (χ3n) is 4.61. The van der Waals surface area contributed by atoms with Crippen LogP contribution in [0.15, 0.2) is 53.6 Å². The van der Waals surface area contributed by atoms with Crippen molar-refractivity contribution < 1.29 is 9.59 Å². The van der Waals surface area contributed by atoms with Crippen LogP contribution in [-0.4, -0.2) is 33.1 Å². The number of hydrogen-bond donors (Lipinski definition) is 1. The largest absolute Gasteiger partial charge is 0.298 e. The first-order chi connectivity index (χ1) is 15.3. The average Bonchev–Trinajstić information content (AvgIpc) is 3.30. The van der Waals surface area contributed by atoms with Gasteiger partial charge in [-0.05, 0) is 41.5 Å². The van der Waals surface area contributed by atoms with E-state index in [1.165, 1.54) is 28.0 Å². The SMILES string of the molecule is CN1C(=O)/C(=C/c2ccc(C(=O)Nc3ncc(Cc4ccc(Cl)cc4Cl)s3)cc2)SC1=S. The fourth-order valence-electron chi connectivity index (χ4n) is 2.90. The zero-order chi connectivity index (χ0) is 22.8. The van der Waals surface area contributed by atoms with E-state index >= 15 is 0 Å². The predicted octanol–water partition coefficient (Wildman–Crippen LogP) is 6.12. The Bertz CT molecular complexity index is 1260. The molecule has 2 amide bonds. The van der Waals surface area contributed by atoms with Crippen molar-refractivity contribution in [3.63, 3.8) is 0 Å². The minimum Gasteiger partial charge on any atom is -0.298 e. The highest BCUT2D eigenvalue weighted by molar-refractivity contribution is 8.26. The molecule has 0 radical (unpaired) electrons. The van der Waals surface area contributed by atoms with Crippen LogP contribution in [0.2, 0.25) is 10.0 Å². The number of rotatable bonds is 5. The average molecular weight is 520 g/mol. The number of halogens is 2. The molecule has 162 valence electrons. The summed E-state index contributed by atoms with van der Waals surface area (Å²) in [6.45, 7) is 0. The van der Waals surface area contributed by atoms with Crippen LogP contribution >= 0.6 is 58.5 Å². The zero-order valence-corrected chi connectivity index (χ0v) is 20.6. The third kappa shape index (κ3) is 5.22. The highest BCUT2D eigenvalue weighted by atomic mass is 35.5. The summed E-state index contributed by atoms with van der Waals surface area (Å²) in [5.74, 6) is -0.386. The Morgan fingerprint density at radius 1 is 1.22 bits per heavy atom. The molecule has 0 saturated carbocycles. The maximum Gasteiger partial charge on any atom is 0.265 e. The Morgan fingerprint density at radius 2 is 1.97 bits per heavy atom. The number of thiocarbonyl (C=S) groups is 1. The van der Waals surface area contributed by atoms with Gasteiger partial charge < -0.3 is 0 Å². The lowest BCUT2D eigenvalue weighted by Crippen LogP contribution is -2.22. The van der Waals surface area contributed by atoms with Crippen LogP contribution in [0.4, 0.5) is 5.13 Å². The second-order valence-corrected chi connectivity index (χ2v) is 10.5. The van der Waals surface area contributed by atoms with E-state index in [-0.39, 0.29) is 11.8 Å². The molecule has 3 aromatic rings. The molecular weight excluding hydrogens is 505 g/mol. The van der Waals surface area contributed by atoms with Crippen molar-refractivity contribution in [2.75, 3.05) is 12.4 Å². The van der Waals surface area contributed by atoms with Gasteiger partial charge in [-0.3, -0.25) is 19.8 Å². The van der Waals surface area contributed by atoms with Crippen molar-refractivity contribution in [2.24, 2.45) is 0 Å². The molecule has 0 aliphatic carbocycles. The number of thiazole rings is 1. The lowest BCUT2D eigenvalue weighted by atomic mass is 10.1. The standard InChI is InChI=1S/C22H15Cl2N3O2S3/c1-27-20(29)18(32-22(27)30)8-12-2-4-13(5-3-12)19(28)26-21-25-11-16(31-21)9-14-6-7-15(23)10-17(14)24/h2-8,10-11H,9H2,1H3,(H,25,26,28)/b18-8-. The van der Waals surface area contributed by atoms with Crippen molar-refractivity contribution in [1.82, 2.24) is 9.88 Å². The van der Waals surface area contributed by atoms with E-state index in [1.54, 1.807) is 55.7 Å². The molecule has 1 saturated heterocycles. The van der Waals surface area contributed by atoms with Crippen molar-refractivity contribution in [3.8, 4) is 0 Å². The van der Waals surface area contributed by atoms with Gasteiger partial charge >= 0.3 is 0 Å². The van der Waals surface area contributed by atoms with Crippen molar-refractivity contribution in [2.45, 2.75) is 6.42 Å². The van der Waals surface area contributed by atoms with E-state index in [2.05, 4.69) is 10.3 Å². The number of carbonyl (C=O) groups is 2. The molecule has 0 unspecified atom stereocenters. The second-order valence-electron chi connectivity index (χ2n) is 6.86. The topological polar surface area (TPSA) is 62.3 Å². The Labute approximate surface area is 208 Å². The lowest BCUT2D eigenvalue weighted by Gasteiger charge is -2.04. The van der Waals surface area contributed by atoms with E-state index in [4.69, 9.17) is 35.4 Å². The molecule has 0 spiro atoms. The van der Waals surface area contributed by atoms with Crippen LogP contribution in [-0.2, 0) is 11.2 Å². The fourth-order valence-corrected chi connectivity index (χ4v) is 5.38. The number of amides is 2. The number of nitrogens with zero attached hydrogens (tertiary/aromatic N) is 2. The zero-order valence-electron chi connectivity index (χ0n) is 16.6. The molecule has 0 atom stereocenters. The lowest BCUT2D eigenvalue weighted by molar-refractivity contribution is -0.121. The number of likely N-dealkylation sites (N-methyl/N-ethyl adjacent to an activating group) is 1. The number of anilines is 1. The highest BCUT2D eigenvalue weighted by Gasteiger charge is 2.28. The predicted molar refractivity (Wildman–Crippen MR) is 137 cm³/mol. The first-order valence-corrected chi connectivity index (χ1v) is 12.1. The number of hydrogen-bond acceptors (Lipinski definition) is 6. The Morgan fingerprint density at radius 3 is 2.62 bits per heavy atom. The second kappa shape index (κ2) is 9.72. The highest BCUT2D eigenvalue weighted by Crippen LogP contribution is 2.31. The summed E-state index contributed by atoms with van der Waals surface area (Å²) in [4.78, 5) is 32.0. The molecule has 1 aliphatic rings. The molecule has 1 fully saturated rings. The van der Waals surface area contributed by atoms with Gasteiger partial charge in [0.1, 0.15) is 4.32 Å². The number of nitrogens with one attached hydrogen (secondary N) is 1. The summed E-state index contributed by atoms with van der Waals surface area (Å²) in [5, 5.41) is 4.50. The van der Waals surface area contributed by atoms with Gasteiger partial charge in [-0.2, -0.15) is 0 Å². The van der Waals surface area contributed by atoms with Gasteiger partial charge in [0.2, 0.25) is 0 Å². The Kier molecular flexibility index (Phi) is 6.97. The van der Waals surface area contributed by atoms with Gasteiger partial charge in [0.15, 0.2) is 5.13 Å². The molecule has 0 bridgehead atoms. The quantitative estimate of drug-likeness (QED) is 0.324. The molecule has 4 rings (SSSR count). The maximum atomic E-state index is 12.6. The Hall–Kier alpha value is -2.23. The molecule has 1 N–H and O–H groups in total. The van der Waals surface area contributed by atoms with E-state index in [1.807, 2.05) is 6.07 Å². The van der Waals surface area contributed by atoms with Crippen molar-refractivity contribution >= 4 is 85.9 Å². The minimum absolute atomic E-state index is 0.124. The summed E-state index contributed by atoms with van der Waals surface area (Å²) < 4.78 is 0.526. The number of benzene rings is 2. The number of carbonyl (C=O) groups excluding carboxylic acids is 2. The summed E-state index contributed by atoms with van der Waals surface area (Å²) in [5.41, 5.74) is 2.24. The molecule has 2 aromatic carbocycles. The smallest absolute Gasteiger partial charge is 0.265 e. The molecule has 32 heavy (non-hydrogen) atoms. The van der Waals surface area contributed by atoms with Gasteiger partial charge in [-0.1, -0.05) is 65.4 Å². The number of aromatic nitrogens is 1. The summed E-state index contributed by atoms with van der Waals surface area (Å²) in [6, 6.07) is 12.4. The van der Waals surface area contributed by atoms with Crippen molar-refractivity contribution in [3.05, 3.63) is 85.2 Å². The van der Waals surface area contributed by atoms with Gasteiger partial charge in [0.05, 0.1) is 4.91 Å². The van der Waals surface area contributed by atoms with Gasteiger partial charge in [0, 0.05) is 40.2 Å². The fraction of sp³-hybridized carbons (Fsp3) is 0.0909. The monoisotopic (exact) mass is 519 g/mol. The van der Waals surface area contributed by atoms with E-state index < -0.39 is 0 Å². The molecule has 1 aliphatic heterocycles. The van der Waals surface area contributed by atoms with Gasteiger partial charge in [-0.15, -0.1) is 11.3 Å². The van der Waals surface area contributed by atoms with Crippen LogP contribution in [0, 0.1) is 0 Å². The summed E-state index contributed by atoms with van der Waals surface area (Å²) in [7, 11) is 1.65. The first-order valence-electron chi connectivity index (χ1n) is 9.32. The van der Waals surface area contributed by atoms with Gasteiger partial charge in [0.25, 0.3) is 11.8 Å². The molecular formula is C22H15Cl2N3O2S3. The maximum absolute atomic E-state index is 12.6. The van der Waals surface area contributed by atoms with Crippen LogP contribution in [0.3, 0.4) is 0 Å². The van der Waals surface area contributed by atoms with Crippen LogP contribution in [0.1, 0.15) is 26.4 Å². The summed E-state index contributed by atoms with van der Waals surface area (Å²) >= 11 is 20.0. The van der Waals surface area contributed by atoms with E-state index in [0.29, 0.717) is 36.4 Å². The normalized spacial score (nSPS) is 15.0. The third-order valence-corrected chi connectivity index (χ3v) is 7.60. The molecule has 1 aromatic heterocycles.